The number of carboxylic acid groups (broad SMARTS) is 1. The van der Waals surface area contributed by atoms with Crippen LogP contribution in [-0.4, -0.2) is 35.0 Å². The molecule has 102 valence electrons. The lowest BCUT2D eigenvalue weighted by atomic mass is 10.1. The van der Waals surface area contributed by atoms with Gasteiger partial charge in [-0.25, -0.2) is 4.79 Å². The van der Waals surface area contributed by atoms with Crippen LogP contribution in [-0.2, 0) is 14.4 Å². The van der Waals surface area contributed by atoms with E-state index in [4.69, 9.17) is 16.6 Å². The number of aliphatic carboxylic acids is 1. The Balaban J connectivity index is 2.47. The topological polar surface area (TPSA) is 136 Å². The lowest BCUT2D eigenvalue weighted by molar-refractivity contribution is -0.142. The molecule has 18 heavy (non-hydrogen) atoms. The second kappa shape index (κ2) is 6.34. The smallest absolute Gasteiger partial charge is 0.326 e. The highest BCUT2D eigenvalue weighted by molar-refractivity contribution is 5.85. The minimum absolute atomic E-state index is 0.00893. The molecule has 0 aromatic rings. The fourth-order valence-corrected chi connectivity index (χ4v) is 2.09. The minimum atomic E-state index is -1.16. The summed E-state index contributed by atoms with van der Waals surface area (Å²) in [6, 6.07) is -1.06. The summed E-state index contributed by atoms with van der Waals surface area (Å²) in [5, 5.41) is 11.4. The van der Waals surface area contributed by atoms with Crippen molar-refractivity contribution in [3.8, 4) is 0 Å². The standard InChI is InChI=1S/C11H19N3O4/c12-7-2-1-6(5-7)10(16)14-8(11(17)18)3-4-9(13)15/h6-8H,1-5,12H2,(H2,13,15)(H,14,16)(H,17,18). The molecule has 0 bridgehead atoms. The number of amides is 2. The molecule has 0 aliphatic heterocycles. The zero-order chi connectivity index (χ0) is 13.7. The number of primary amides is 1. The van der Waals surface area contributed by atoms with E-state index in [1.807, 2.05) is 0 Å². The monoisotopic (exact) mass is 257 g/mol. The molecule has 1 fully saturated rings. The van der Waals surface area contributed by atoms with Gasteiger partial charge in [0.1, 0.15) is 6.04 Å². The van der Waals surface area contributed by atoms with Crippen LogP contribution >= 0.6 is 0 Å². The predicted molar refractivity (Wildman–Crippen MR) is 63.3 cm³/mol. The van der Waals surface area contributed by atoms with Crippen LogP contribution in [0.3, 0.4) is 0 Å². The minimum Gasteiger partial charge on any atom is -0.480 e. The first-order valence-corrected chi connectivity index (χ1v) is 5.97. The van der Waals surface area contributed by atoms with Gasteiger partial charge in [-0.1, -0.05) is 0 Å². The van der Waals surface area contributed by atoms with Crippen molar-refractivity contribution >= 4 is 17.8 Å². The first-order valence-electron chi connectivity index (χ1n) is 5.97. The number of hydrogen-bond acceptors (Lipinski definition) is 4. The average molecular weight is 257 g/mol. The Labute approximate surface area is 105 Å². The average Bonchev–Trinajstić information content (AvgIpc) is 2.70. The van der Waals surface area contributed by atoms with Gasteiger partial charge in [0.15, 0.2) is 0 Å². The molecule has 3 atom stereocenters. The molecule has 1 saturated carbocycles. The van der Waals surface area contributed by atoms with E-state index in [2.05, 4.69) is 5.32 Å². The number of carboxylic acids is 1. The fraction of sp³-hybridized carbons (Fsp3) is 0.727. The third-order valence-corrected chi connectivity index (χ3v) is 3.14. The summed E-state index contributed by atoms with van der Waals surface area (Å²) in [4.78, 5) is 33.4. The van der Waals surface area contributed by atoms with Gasteiger partial charge in [0, 0.05) is 18.4 Å². The molecule has 7 nitrogen and oxygen atoms in total. The van der Waals surface area contributed by atoms with Gasteiger partial charge in [0.2, 0.25) is 11.8 Å². The summed E-state index contributed by atoms with van der Waals surface area (Å²) in [6.45, 7) is 0. The normalized spacial score (nSPS) is 24.5. The van der Waals surface area contributed by atoms with Crippen molar-refractivity contribution in [2.24, 2.45) is 17.4 Å². The van der Waals surface area contributed by atoms with Crippen LogP contribution in [0.1, 0.15) is 32.1 Å². The molecule has 0 saturated heterocycles. The van der Waals surface area contributed by atoms with Crippen molar-refractivity contribution in [2.45, 2.75) is 44.2 Å². The second-order valence-electron chi connectivity index (χ2n) is 4.67. The Kier molecular flexibility index (Phi) is 5.08. The van der Waals surface area contributed by atoms with Crippen molar-refractivity contribution in [1.29, 1.82) is 0 Å². The molecule has 1 aliphatic carbocycles. The zero-order valence-electron chi connectivity index (χ0n) is 10.1. The maximum atomic E-state index is 11.8. The molecule has 6 N–H and O–H groups in total. The lowest BCUT2D eigenvalue weighted by Crippen LogP contribution is -2.43. The fourth-order valence-electron chi connectivity index (χ4n) is 2.09. The molecule has 0 radical (unpaired) electrons. The van der Waals surface area contributed by atoms with Crippen LogP contribution in [0.2, 0.25) is 0 Å². The van der Waals surface area contributed by atoms with Gasteiger partial charge in [-0.05, 0) is 25.7 Å². The molecule has 1 aliphatic rings. The summed E-state index contributed by atoms with van der Waals surface area (Å²) in [5.74, 6) is -2.28. The Bertz CT molecular complexity index is 345. The SMILES string of the molecule is NC(=O)CCC(NC(=O)C1CCC(N)C1)C(=O)O. The second-order valence-corrected chi connectivity index (χ2v) is 4.67. The van der Waals surface area contributed by atoms with Crippen LogP contribution in [0.5, 0.6) is 0 Å². The van der Waals surface area contributed by atoms with Crippen LogP contribution < -0.4 is 16.8 Å². The van der Waals surface area contributed by atoms with Crippen molar-refractivity contribution in [3.05, 3.63) is 0 Å². The van der Waals surface area contributed by atoms with Crippen LogP contribution in [0.15, 0.2) is 0 Å². The molecule has 0 spiro atoms. The van der Waals surface area contributed by atoms with Gasteiger partial charge in [-0.2, -0.15) is 0 Å². The molecule has 0 aromatic heterocycles. The van der Waals surface area contributed by atoms with E-state index < -0.39 is 17.9 Å². The molecule has 3 unspecified atom stereocenters. The maximum absolute atomic E-state index is 11.8. The van der Waals surface area contributed by atoms with Crippen molar-refractivity contribution < 1.29 is 19.5 Å². The molecule has 7 heteroatoms. The Morgan fingerprint density at radius 2 is 2.00 bits per heavy atom. The van der Waals surface area contributed by atoms with Gasteiger partial charge in [-0.15, -0.1) is 0 Å². The quantitative estimate of drug-likeness (QED) is 0.481. The van der Waals surface area contributed by atoms with E-state index in [1.54, 1.807) is 0 Å². The van der Waals surface area contributed by atoms with Crippen LogP contribution in [0, 0.1) is 5.92 Å². The van der Waals surface area contributed by atoms with Crippen LogP contribution in [0.4, 0.5) is 0 Å². The number of carbonyl (C=O) groups excluding carboxylic acids is 2. The van der Waals surface area contributed by atoms with Crippen molar-refractivity contribution in [3.63, 3.8) is 0 Å². The summed E-state index contributed by atoms with van der Waals surface area (Å²) in [5.41, 5.74) is 10.6. The highest BCUT2D eigenvalue weighted by Crippen LogP contribution is 2.24. The largest absolute Gasteiger partial charge is 0.480 e. The Morgan fingerprint density at radius 3 is 2.44 bits per heavy atom. The third kappa shape index (κ3) is 4.33. The molecule has 0 aromatic carbocycles. The summed E-state index contributed by atoms with van der Waals surface area (Å²) in [7, 11) is 0. The van der Waals surface area contributed by atoms with E-state index in [1.165, 1.54) is 0 Å². The number of nitrogens with two attached hydrogens (primary N) is 2. The van der Waals surface area contributed by atoms with Gasteiger partial charge in [-0.3, -0.25) is 9.59 Å². The number of carbonyl (C=O) groups is 3. The van der Waals surface area contributed by atoms with Crippen LogP contribution in [0.25, 0.3) is 0 Å². The van der Waals surface area contributed by atoms with Gasteiger partial charge >= 0.3 is 5.97 Å². The Hall–Kier alpha value is -1.63. The zero-order valence-corrected chi connectivity index (χ0v) is 10.1. The van der Waals surface area contributed by atoms with E-state index in [9.17, 15) is 14.4 Å². The molecule has 2 amide bonds. The highest BCUT2D eigenvalue weighted by Gasteiger charge is 2.30. The lowest BCUT2D eigenvalue weighted by Gasteiger charge is -2.16. The van der Waals surface area contributed by atoms with E-state index in [0.717, 1.165) is 6.42 Å². The van der Waals surface area contributed by atoms with Gasteiger partial charge in [0.25, 0.3) is 0 Å². The van der Waals surface area contributed by atoms with E-state index in [-0.39, 0.29) is 30.7 Å². The van der Waals surface area contributed by atoms with E-state index >= 15 is 0 Å². The van der Waals surface area contributed by atoms with Crippen molar-refractivity contribution in [1.82, 2.24) is 5.32 Å². The molecule has 0 heterocycles. The van der Waals surface area contributed by atoms with Gasteiger partial charge < -0.3 is 21.9 Å². The maximum Gasteiger partial charge on any atom is 0.326 e. The summed E-state index contributed by atoms with van der Waals surface area (Å²) in [6.07, 6.45) is 1.97. The highest BCUT2D eigenvalue weighted by atomic mass is 16.4. The summed E-state index contributed by atoms with van der Waals surface area (Å²) >= 11 is 0. The predicted octanol–water partition coefficient (Wildman–Crippen LogP) is -1.05. The number of hydrogen-bond donors (Lipinski definition) is 4. The number of nitrogens with one attached hydrogen (secondary N) is 1. The molecular formula is C11H19N3O4. The first kappa shape index (κ1) is 14.4. The molecule has 1 rings (SSSR count). The van der Waals surface area contributed by atoms with Crippen molar-refractivity contribution in [2.75, 3.05) is 0 Å². The molecular weight excluding hydrogens is 238 g/mol. The Morgan fingerprint density at radius 1 is 1.33 bits per heavy atom. The summed E-state index contributed by atoms with van der Waals surface area (Å²) < 4.78 is 0. The van der Waals surface area contributed by atoms with E-state index in [0.29, 0.717) is 12.8 Å². The van der Waals surface area contributed by atoms with Gasteiger partial charge in [0.05, 0.1) is 0 Å². The third-order valence-electron chi connectivity index (χ3n) is 3.14. The first-order chi connectivity index (χ1) is 8.40. The number of rotatable bonds is 6.